The lowest BCUT2D eigenvalue weighted by molar-refractivity contribution is -0.704. The van der Waals surface area contributed by atoms with Gasteiger partial charge in [0.15, 0.2) is 0 Å². The molecule has 1 heterocycles. The van der Waals surface area contributed by atoms with Crippen molar-refractivity contribution in [3.63, 3.8) is 0 Å². The monoisotopic (exact) mass is 327 g/mol. The standard InChI is InChI=1S/C22H35N2/c1-3-5-6-7-11-16-22-23(17-4-2)19-20-24(22)18-12-15-21-13-9-8-10-14-21/h8-10,13-14,19-20H,3-7,11-12,15-18H2,1-2H3/q+1. The zero-order chi connectivity index (χ0) is 17.0. The number of nitrogens with zero attached hydrogens (tertiary/aromatic N) is 2. The predicted octanol–water partition coefficient (Wildman–Crippen LogP) is 5.33. The Morgan fingerprint density at radius 1 is 0.833 bits per heavy atom. The van der Waals surface area contributed by atoms with Crippen molar-refractivity contribution in [2.45, 2.75) is 84.7 Å². The van der Waals surface area contributed by atoms with Crippen LogP contribution in [0.25, 0.3) is 0 Å². The number of imidazole rings is 1. The smallest absolute Gasteiger partial charge is 0.234 e. The Bertz CT molecular complexity index is 557. The van der Waals surface area contributed by atoms with Gasteiger partial charge in [0.1, 0.15) is 12.4 Å². The zero-order valence-corrected chi connectivity index (χ0v) is 15.7. The maximum atomic E-state index is 2.50. The quantitative estimate of drug-likeness (QED) is 0.368. The molecule has 1 aromatic heterocycles. The average molecular weight is 328 g/mol. The number of unbranched alkanes of at least 4 members (excludes halogenated alkanes) is 4. The van der Waals surface area contributed by atoms with E-state index in [1.807, 2.05) is 0 Å². The van der Waals surface area contributed by atoms with Crippen LogP contribution < -0.4 is 4.57 Å². The summed E-state index contributed by atoms with van der Waals surface area (Å²) in [7, 11) is 0. The molecule has 0 N–H and O–H groups in total. The summed E-state index contributed by atoms with van der Waals surface area (Å²) in [6.45, 7) is 6.84. The summed E-state index contributed by atoms with van der Waals surface area (Å²) in [5.74, 6) is 1.53. The van der Waals surface area contributed by atoms with Crippen molar-refractivity contribution in [2.24, 2.45) is 0 Å². The van der Waals surface area contributed by atoms with Gasteiger partial charge in [0.05, 0.1) is 13.1 Å². The maximum Gasteiger partial charge on any atom is 0.256 e. The minimum Gasteiger partial charge on any atom is -0.234 e. The fourth-order valence-corrected chi connectivity index (χ4v) is 3.42. The molecule has 2 nitrogen and oxygen atoms in total. The summed E-state index contributed by atoms with van der Waals surface area (Å²) in [6, 6.07) is 10.9. The lowest BCUT2D eigenvalue weighted by atomic mass is 10.1. The summed E-state index contributed by atoms with van der Waals surface area (Å²) in [5.41, 5.74) is 1.45. The molecule has 132 valence electrons. The molecule has 0 radical (unpaired) electrons. The minimum absolute atomic E-state index is 1.13. The minimum atomic E-state index is 1.13. The second-order valence-corrected chi connectivity index (χ2v) is 6.85. The molecule has 0 fully saturated rings. The Hall–Kier alpha value is -1.57. The summed E-state index contributed by atoms with van der Waals surface area (Å²) in [6.07, 6.45) is 16.2. The molecule has 2 aromatic rings. The van der Waals surface area contributed by atoms with Gasteiger partial charge >= 0.3 is 0 Å². The highest BCUT2D eigenvalue weighted by Gasteiger charge is 2.15. The first-order valence-electron chi connectivity index (χ1n) is 9.96. The Morgan fingerprint density at radius 3 is 2.38 bits per heavy atom. The van der Waals surface area contributed by atoms with Gasteiger partial charge in [0.25, 0.3) is 5.82 Å². The molecule has 0 bridgehead atoms. The van der Waals surface area contributed by atoms with E-state index in [1.54, 1.807) is 0 Å². The molecule has 0 atom stereocenters. The Balaban J connectivity index is 1.87. The van der Waals surface area contributed by atoms with Crippen LogP contribution in [0.3, 0.4) is 0 Å². The number of benzene rings is 1. The summed E-state index contributed by atoms with van der Waals surface area (Å²) >= 11 is 0. The first-order chi connectivity index (χ1) is 11.8. The largest absolute Gasteiger partial charge is 0.256 e. The van der Waals surface area contributed by atoms with E-state index < -0.39 is 0 Å². The zero-order valence-electron chi connectivity index (χ0n) is 15.7. The van der Waals surface area contributed by atoms with Crippen molar-refractivity contribution in [3.05, 3.63) is 54.1 Å². The van der Waals surface area contributed by atoms with Crippen molar-refractivity contribution in [3.8, 4) is 0 Å². The molecular formula is C22H35N2+. The molecule has 0 aliphatic heterocycles. The Labute approximate surface area is 148 Å². The number of aromatic nitrogens is 2. The maximum absolute atomic E-state index is 2.50. The lowest BCUT2D eigenvalue weighted by Gasteiger charge is -2.06. The predicted molar refractivity (Wildman–Crippen MR) is 102 cm³/mol. The topological polar surface area (TPSA) is 8.81 Å². The first kappa shape index (κ1) is 18.8. The van der Waals surface area contributed by atoms with Crippen LogP contribution in [0.2, 0.25) is 0 Å². The summed E-state index contributed by atoms with van der Waals surface area (Å²) in [4.78, 5) is 0. The van der Waals surface area contributed by atoms with E-state index >= 15 is 0 Å². The van der Waals surface area contributed by atoms with E-state index in [0.29, 0.717) is 0 Å². The van der Waals surface area contributed by atoms with Crippen molar-refractivity contribution in [1.82, 2.24) is 4.57 Å². The number of hydrogen-bond donors (Lipinski definition) is 0. The van der Waals surface area contributed by atoms with E-state index in [2.05, 4.69) is 65.7 Å². The van der Waals surface area contributed by atoms with Crippen LogP contribution in [0.4, 0.5) is 0 Å². The highest BCUT2D eigenvalue weighted by Crippen LogP contribution is 2.09. The van der Waals surface area contributed by atoms with E-state index in [9.17, 15) is 0 Å². The van der Waals surface area contributed by atoms with Crippen LogP contribution >= 0.6 is 0 Å². The van der Waals surface area contributed by atoms with Gasteiger partial charge in [-0.25, -0.2) is 9.13 Å². The van der Waals surface area contributed by atoms with Crippen molar-refractivity contribution in [2.75, 3.05) is 0 Å². The number of aryl methyl sites for hydroxylation is 3. The van der Waals surface area contributed by atoms with Crippen molar-refractivity contribution in [1.29, 1.82) is 0 Å². The molecule has 24 heavy (non-hydrogen) atoms. The van der Waals surface area contributed by atoms with Crippen LogP contribution in [0.5, 0.6) is 0 Å². The summed E-state index contributed by atoms with van der Waals surface area (Å²) in [5, 5.41) is 0. The molecule has 2 rings (SSSR count). The van der Waals surface area contributed by atoms with E-state index in [4.69, 9.17) is 0 Å². The fraction of sp³-hybridized carbons (Fsp3) is 0.591. The molecule has 0 aliphatic carbocycles. The molecule has 0 saturated heterocycles. The third-order valence-electron chi connectivity index (χ3n) is 4.77. The van der Waals surface area contributed by atoms with E-state index in [0.717, 1.165) is 13.1 Å². The molecule has 0 spiro atoms. The highest BCUT2D eigenvalue weighted by atomic mass is 15.1. The molecule has 0 saturated carbocycles. The third-order valence-corrected chi connectivity index (χ3v) is 4.77. The van der Waals surface area contributed by atoms with Crippen molar-refractivity contribution >= 4 is 0 Å². The first-order valence-corrected chi connectivity index (χ1v) is 9.96. The Morgan fingerprint density at radius 2 is 1.62 bits per heavy atom. The molecule has 2 heteroatoms. The second-order valence-electron chi connectivity index (χ2n) is 6.85. The Kier molecular flexibility index (Phi) is 8.65. The van der Waals surface area contributed by atoms with Crippen LogP contribution in [0.15, 0.2) is 42.7 Å². The van der Waals surface area contributed by atoms with E-state index in [-0.39, 0.29) is 0 Å². The van der Waals surface area contributed by atoms with E-state index in [1.165, 1.54) is 69.2 Å². The summed E-state index contributed by atoms with van der Waals surface area (Å²) < 4.78 is 4.97. The molecule has 0 aliphatic rings. The third kappa shape index (κ3) is 6.14. The van der Waals surface area contributed by atoms with Crippen LogP contribution in [0.1, 0.15) is 70.2 Å². The molecule has 0 unspecified atom stereocenters. The molecular weight excluding hydrogens is 292 g/mol. The number of rotatable bonds is 12. The van der Waals surface area contributed by atoms with Crippen LogP contribution in [-0.4, -0.2) is 4.57 Å². The van der Waals surface area contributed by atoms with Gasteiger partial charge < -0.3 is 0 Å². The highest BCUT2D eigenvalue weighted by molar-refractivity contribution is 5.14. The van der Waals surface area contributed by atoms with Gasteiger partial charge in [-0.1, -0.05) is 69.9 Å². The van der Waals surface area contributed by atoms with Gasteiger partial charge in [0.2, 0.25) is 0 Å². The second kappa shape index (κ2) is 11.1. The average Bonchev–Trinajstić information content (AvgIpc) is 2.98. The van der Waals surface area contributed by atoms with Gasteiger partial charge in [-0.05, 0) is 31.2 Å². The van der Waals surface area contributed by atoms with Crippen molar-refractivity contribution < 1.29 is 4.57 Å². The number of hydrogen-bond acceptors (Lipinski definition) is 0. The van der Waals surface area contributed by atoms with Crippen LogP contribution in [0, 0.1) is 0 Å². The van der Waals surface area contributed by atoms with Gasteiger partial charge in [-0.2, -0.15) is 0 Å². The van der Waals surface area contributed by atoms with Gasteiger partial charge in [0, 0.05) is 6.42 Å². The van der Waals surface area contributed by atoms with Gasteiger partial charge in [-0.3, -0.25) is 0 Å². The lowest BCUT2D eigenvalue weighted by Crippen LogP contribution is -2.37. The molecule has 0 amide bonds. The normalized spacial score (nSPS) is 11.1. The molecule has 1 aromatic carbocycles. The van der Waals surface area contributed by atoms with Crippen LogP contribution in [-0.2, 0) is 25.9 Å². The van der Waals surface area contributed by atoms with Gasteiger partial charge in [-0.15, -0.1) is 0 Å². The fourth-order valence-electron chi connectivity index (χ4n) is 3.42. The SMILES string of the molecule is CCCCCCCc1n(CCC)cc[n+]1CCCc1ccccc1.